The average molecular weight is 589 g/mol. The first-order chi connectivity index (χ1) is 22.7. The summed E-state index contributed by atoms with van der Waals surface area (Å²) >= 11 is 0. The second kappa shape index (κ2) is 11.9. The molecule has 1 aromatic heterocycles. The van der Waals surface area contributed by atoms with Crippen LogP contribution in [0.15, 0.2) is 175 Å². The second-order valence-corrected chi connectivity index (χ2v) is 11.9. The van der Waals surface area contributed by atoms with Gasteiger partial charge in [0.2, 0.25) is 0 Å². The number of hydrogen-bond donors (Lipinski definition) is 1. The zero-order valence-electron chi connectivity index (χ0n) is 25.4. The highest BCUT2D eigenvalue weighted by molar-refractivity contribution is 6.10. The number of rotatable bonds is 4. The van der Waals surface area contributed by atoms with Crippen LogP contribution in [0, 0.1) is 5.41 Å². The van der Waals surface area contributed by atoms with Gasteiger partial charge in [0.15, 0.2) is 0 Å². The number of aromatic nitrogens is 1. The predicted octanol–water partition coefficient (Wildman–Crippen LogP) is 11.6. The van der Waals surface area contributed by atoms with Gasteiger partial charge in [0.1, 0.15) is 0 Å². The Morgan fingerprint density at radius 2 is 1.02 bits per heavy atom. The number of pyridine rings is 1. The molecular formula is C44H32N2. The normalized spacial score (nSPS) is 16.2. The van der Waals surface area contributed by atoms with Crippen LogP contribution in [0.25, 0.3) is 60.8 Å². The van der Waals surface area contributed by atoms with E-state index in [-0.39, 0.29) is 0 Å². The summed E-state index contributed by atoms with van der Waals surface area (Å²) in [5.74, 6) is 0. The van der Waals surface area contributed by atoms with E-state index >= 15 is 0 Å². The van der Waals surface area contributed by atoms with Crippen molar-refractivity contribution in [2.24, 2.45) is 0 Å². The van der Waals surface area contributed by atoms with Crippen molar-refractivity contribution in [2.75, 3.05) is 0 Å². The largest absolute Gasteiger partial charge is 0.300 e. The van der Waals surface area contributed by atoms with Crippen LogP contribution in [0.2, 0.25) is 0 Å². The van der Waals surface area contributed by atoms with Crippen LogP contribution in [-0.4, -0.2) is 10.7 Å². The molecule has 0 bridgehead atoms. The van der Waals surface area contributed by atoms with Crippen LogP contribution in [0.1, 0.15) is 18.4 Å². The van der Waals surface area contributed by atoms with Gasteiger partial charge >= 0.3 is 0 Å². The van der Waals surface area contributed by atoms with Gasteiger partial charge in [-0.2, -0.15) is 0 Å². The zero-order chi connectivity index (χ0) is 30.9. The molecule has 0 saturated heterocycles. The fourth-order valence-corrected chi connectivity index (χ4v) is 6.51. The molecule has 0 amide bonds. The Bertz CT molecular complexity index is 2210. The van der Waals surface area contributed by atoms with Crippen LogP contribution in [0.5, 0.6) is 0 Å². The molecule has 0 radical (unpaired) electrons. The fraction of sp³-hybridized carbons (Fsp3) is 0.0455. The van der Waals surface area contributed by atoms with Gasteiger partial charge in [-0.1, -0.05) is 134 Å². The van der Waals surface area contributed by atoms with Gasteiger partial charge in [-0.15, -0.1) is 0 Å². The topological polar surface area (TPSA) is 36.7 Å². The maximum absolute atomic E-state index is 8.33. The quantitative estimate of drug-likeness (QED) is 0.218. The smallest absolute Gasteiger partial charge is 0.0715 e. The van der Waals surface area contributed by atoms with E-state index in [9.17, 15) is 0 Å². The van der Waals surface area contributed by atoms with E-state index in [2.05, 4.69) is 146 Å². The fourth-order valence-electron chi connectivity index (χ4n) is 6.51. The Morgan fingerprint density at radius 3 is 1.65 bits per heavy atom. The van der Waals surface area contributed by atoms with Gasteiger partial charge in [0.05, 0.1) is 17.1 Å². The zero-order valence-corrected chi connectivity index (χ0v) is 25.4. The van der Waals surface area contributed by atoms with Crippen molar-refractivity contribution < 1.29 is 0 Å². The highest BCUT2D eigenvalue weighted by atomic mass is 14.7. The third kappa shape index (κ3) is 5.46. The predicted molar refractivity (Wildman–Crippen MR) is 195 cm³/mol. The van der Waals surface area contributed by atoms with Crippen LogP contribution >= 0.6 is 0 Å². The van der Waals surface area contributed by atoms with Crippen molar-refractivity contribution in [3.05, 3.63) is 181 Å². The summed E-state index contributed by atoms with van der Waals surface area (Å²) in [6, 6.07) is 43.6. The lowest BCUT2D eigenvalue weighted by Crippen LogP contribution is -2.01. The van der Waals surface area contributed by atoms with Crippen molar-refractivity contribution in [1.29, 1.82) is 5.41 Å². The molecule has 0 spiro atoms. The molecule has 1 N–H and O–H groups in total. The Balaban J connectivity index is 1.15. The van der Waals surface area contributed by atoms with Gasteiger partial charge in [-0.25, -0.2) is 4.98 Å². The lowest BCUT2D eigenvalue weighted by atomic mass is 9.93. The molecule has 0 unspecified atom stereocenters. The van der Waals surface area contributed by atoms with E-state index in [1.165, 1.54) is 38.3 Å². The SMILES string of the molecule is N=C1C=CC=C/C1=C1\C=CC=C(c2ccc(-c3cc(-c4ccc5ccccc5c4)nc(-c4ccc5ccccc5c4)c3)cc2)CC1. The molecule has 218 valence electrons. The molecule has 2 heteroatoms. The summed E-state index contributed by atoms with van der Waals surface area (Å²) in [5.41, 5.74) is 11.8. The molecule has 0 saturated carbocycles. The average Bonchev–Trinajstić information content (AvgIpc) is 3.38. The van der Waals surface area contributed by atoms with Gasteiger partial charge in [-0.05, 0) is 92.6 Å². The molecule has 2 aliphatic carbocycles. The molecule has 46 heavy (non-hydrogen) atoms. The molecule has 2 nitrogen and oxygen atoms in total. The molecule has 5 aromatic carbocycles. The third-order valence-corrected chi connectivity index (χ3v) is 9.04. The molecule has 0 atom stereocenters. The Morgan fingerprint density at radius 1 is 0.457 bits per heavy atom. The van der Waals surface area contributed by atoms with Gasteiger partial charge < -0.3 is 5.41 Å². The van der Waals surface area contributed by atoms with Crippen LogP contribution in [0.3, 0.4) is 0 Å². The number of nitrogens with one attached hydrogen (secondary N) is 1. The van der Waals surface area contributed by atoms with Crippen LogP contribution in [0.4, 0.5) is 0 Å². The van der Waals surface area contributed by atoms with Gasteiger partial charge in [0.25, 0.3) is 0 Å². The monoisotopic (exact) mass is 588 g/mol. The third-order valence-electron chi connectivity index (χ3n) is 9.04. The first-order valence-corrected chi connectivity index (χ1v) is 15.8. The molecule has 2 aliphatic rings. The summed E-state index contributed by atoms with van der Waals surface area (Å²) in [7, 11) is 0. The minimum Gasteiger partial charge on any atom is -0.300 e. The minimum absolute atomic E-state index is 0.582. The van der Waals surface area contributed by atoms with E-state index in [0.29, 0.717) is 5.71 Å². The summed E-state index contributed by atoms with van der Waals surface area (Å²) in [6.45, 7) is 0. The number of benzene rings is 5. The molecular weight excluding hydrogens is 556 g/mol. The highest BCUT2D eigenvalue weighted by Crippen LogP contribution is 2.34. The number of allylic oxidation sites excluding steroid dienone is 10. The van der Waals surface area contributed by atoms with Crippen molar-refractivity contribution in [1.82, 2.24) is 4.98 Å². The van der Waals surface area contributed by atoms with E-state index < -0.39 is 0 Å². The van der Waals surface area contributed by atoms with Crippen molar-refractivity contribution in [3.63, 3.8) is 0 Å². The number of nitrogens with zero attached hydrogens (tertiary/aromatic N) is 1. The Kier molecular flexibility index (Phi) is 7.16. The summed E-state index contributed by atoms with van der Waals surface area (Å²) in [6.07, 6.45) is 16.2. The summed E-state index contributed by atoms with van der Waals surface area (Å²) in [4.78, 5) is 5.22. The lowest BCUT2D eigenvalue weighted by Gasteiger charge is -2.13. The summed E-state index contributed by atoms with van der Waals surface area (Å²) in [5, 5.41) is 13.2. The first kappa shape index (κ1) is 27.7. The number of hydrogen-bond acceptors (Lipinski definition) is 2. The van der Waals surface area contributed by atoms with Crippen LogP contribution in [-0.2, 0) is 0 Å². The summed E-state index contributed by atoms with van der Waals surface area (Å²) < 4.78 is 0. The van der Waals surface area contributed by atoms with E-state index in [1.54, 1.807) is 0 Å². The standard InChI is InChI=1S/C44H32N2/c45-42-15-6-5-14-41(42)35-13-7-12-30(20-23-35)33-16-18-34(19-17-33)40-28-43(38-24-21-31-8-1-3-10-36(31)26-38)46-44(29-40)39-25-22-32-9-2-4-11-37(32)27-39/h1-19,21-22,24-29,45H,20,23H2/b41-35-,45-42?. The van der Waals surface area contributed by atoms with Crippen molar-refractivity contribution in [3.8, 4) is 33.6 Å². The van der Waals surface area contributed by atoms with Gasteiger partial charge in [-0.3, -0.25) is 0 Å². The van der Waals surface area contributed by atoms with E-state index in [4.69, 9.17) is 10.4 Å². The minimum atomic E-state index is 0.582. The maximum atomic E-state index is 8.33. The van der Waals surface area contributed by atoms with Crippen molar-refractivity contribution in [2.45, 2.75) is 12.8 Å². The second-order valence-electron chi connectivity index (χ2n) is 11.9. The lowest BCUT2D eigenvalue weighted by molar-refractivity contribution is 1.02. The van der Waals surface area contributed by atoms with Crippen molar-refractivity contribution >= 4 is 32.8 Å². The molecule has 0 aliphatic heterocycles. The molecule has 0 fully saturated rings. The highest BCUT2D eigenvalue weighted by Gasteiger charge is 2.14. The molecule has 1 heterocycles. The number of fused-ring (bicyclic) bond motifs is 2. The first-order valence-electron chi connectivity index (χ1n) is 15.8. The Hall–Kier alpha value is -5.86. The molecule has 6 aromatic rings. The van der Waals surface area contributed by atoms with Crippen LogP contribution < -0.4 is 0 Å². The molecule has 8 rings (SSSR count). The Labute approximate surface area is 269 Å². The van der Waals surface area contributed by atoms with E-state index in [1.807, 2.05) is 18.2 Å². The van der Waals surface area contributed by atoms with Gasteiger partial charge in [0, 0.05) is 16.7 Å². The maximum Gasteiger partial charge on any atom is 0.0715 e. The van der Waals surface area contributed by atoms with E-state index in [0.717, 1.165) is 52.1 Å².